The van der Waals surface area contributed by atoms with Gasteiger partial charge in [0.25, 0.3) is 0 Å². The quantitative estimate of drug-likeness (QED) is 0.409. The van der Waals surface area contributed by atoms with Crippen molar-refractivity contribution in [1.82, 2.24) is 5.32 Å². The normalized spacial score (nSPS) is 26.2. The van der Waals surface area contributed by atoms with Crippen molar-refractivity contribution in [3.8, 4) is 11.1 Å². The first kappa shape index (κ1) is 23.5. The summed E-state index contributed by atoms with van der Waals surface area (Å²) < 4.78 is 15.0. The molecular formula is C30H42FN. The van der Waals surface area contributed by atoms with Crippen molar-refractivity contribution < 1.29 is 4.39 Å². The minimum Gasteiger partial charge on any atom is -0.317 e. The van der Waals surface area contributed by atoms with Crippen molar-refractivity contribution in [2.24, 2.45) is 5.92 Å². The van der Waals surface area contributed by atoms with Crippen molar-refractivity contribution in [3.63, 3.8) is 0 Å². The Kier molecular flexibility index (Phi) is 8.41. The van der Waals surface area contributed by atoms with E-state index in [4.69, 9.17) is 0 Å². The average Bonchev–Trinajstić information content (AvgIpc) is 2.85. The zero-order valence-electron chi connectivity index (χ0n) is 20.2. The summed E-state index contributed by atoms with van der Waals surface area (Å²) in [7, 11) is 2.05. The molecule has 2 aliphatic rings. The highest BCUT2D eigenvalue weighted by Gasteiger charge is 2.23. The van der Waals surface area contributed by atoms with Crippen LogP contribution in [0.25, 0.3) is 11.1 Å². The van der Waals surface area contributed by atoms with Crippen LogP contribution < -0.4 is 5.32 Å². The monoisotopic (exact) mass is 435 g/mol. The molecule has 4 rings (SSSR count). The molecule has 2 aromatic rings. The molecule has 2 aliphatic carbocycles. The van der Waals surface area contributed by atoms with E-state index < -0.39 is 0 Å². The van der Waals surface area contributed by atoms with E-state index in [0.29, 0.717) is 17.9 Å². The second-order valence-electron chi connectivity index (χ2n) is 10.4. The molecule has 0 heterocycles. The number of rotatable bonds is 8. The molecule has 2 heteroatoms. The van der Waals surface area contributed by atoms with Crippen LogP contribution in [0, 0.1) is 11.7 Å². The summed E-state index contributed by atoms with van der Waals surface area (Å²) in [5, 5.41) is 3.38. The summed E-state index contributed by atoms with van der Waals surface area (Å²) in [6, 6.07) is 15.4. The third-order valence-electron chi connectivity index (χ3n) is 8.36. The molecule has 2 fully saturated rings. The Morgan fingerprint density at radius 1 is 0.781 bits per heavy atom. The predicted octanol–water partition coefficient (Wildman–Crippen LogP) is 8.59. The number of halogens is 1. The summed E-state index contributed by atoms with van der Waals surface area (Å²) in [6.45, 7) is 2.29. The molecule has 1 nitrogen and oxygen atoms in total. The van der Waals surface area contributed by atoms with E-state index in [1.54, 1.807) is 6.07 Å². The fraction of sp³-hybridized carbons (Fsp3) is 0.600. The van der Waals surface area contributed by atoms with E-state index in [-0.39, 0.29) is 5.82 Å². The van der Waals surface area contributed by atoms with Crippen molar-refractivity contribution >= 4 is 0 Å². The van der Waals surface area contributed by atoms with Crippen molar-refractivity contribution in [3.05, 3.63) is 59.4 Å². The number of nitrogens with one attached hydrogen (secondary N) is 1. The molecule has 2 saturated carbocycles. The molecule has 0 unspecified atom stereocenters. The Labute approximate surface area is 195 Å². The van der Waals surface area contributed by atoms with Gasteiger partial charge in [0.05, 0.1) is 0 Å². The van der Waals surface area contributed by atoms with Gasteiger partial charge < -0.3 is 5.32 Å². The lowest BCUT2D eigenvalue weighted by atomic mass is 9.77. The highest BCUT2D eigenvalue weighted by atomic mass is 19.1. The molecule has 1 N–H and O–H groups in total. The molecule has 174 valence electrons. The van der Waals surface area contributed by atoms with E-state index in [1.807, 2.05) is 13.1 Å². The van der Waals surface area contributed by atoms with Crippen LogP contribution in [-0.2, 0) is 0 Å². The fourth-order valence-corrected chi connectivity index (χ4v) is 6.14. The van der Waals surface area contributed by atoms with Gasteiger partial charge in [-0.3, -0.25) is 0 Å². The third kappa shape index (κ3) is 5.81. The van der Waals surface area contributed by atoms with Crippen LogP contribution in [0.5, 0.6) is 0 Å². The molecule has 32 heavy (non-hydrogen) atoms. The van der Waals surface area contributed by atoms with Gasteiger partial charge in [-0.2, -0.15) is 0 Å². The molecule has 0 radical (unpaired) electrons. The Balaban J connectivity index is 1.35. The number of hydrogen-bond donors (Lipinski definition) is 1. The molecule has 0 aromatic heterocycles. The minimum absolute atomic E-state index is 0.0708. The summed E-state index contributed by atoms with van der Waals surface area (Å²) in [5.74, 6) is 2.06. The molecule has 0 amide bonds. The van der Waals surface area contributed by atoms with Gasteiger partial charge >= 0.3 is 0 Å². The first-order valence-corrected chi connectivity index (χ1v) is 13.2. The van der Waals surface area contributed by atoms with Gasteiger partial charge in [0.2, 0.25) is 0 Å². The second-order valence-corrected chi connectivity index (χ2v) is 10.4. The SMILES string of the molecule is CCCCCC1CCC(c2ccc(-c3ccc(C4CCC(NC)CC4)cc3F)cc2)CC1. The zero-order valence-corrected chi connectivity index (χ0v) is 20.2. The van der Waals surface area contributed by atoms with Gasteiger partial charge in [-0.1, -0.05) is 69.0 Å². The van der Waals surface area contributed by atoms with Crippen LogP contribution in [0.1, 0.15) is 107 Å². The van der Waals surface area contributed by atoms with Gasteiger partial charge in [-0.25, -0.2) is 4.39 Å². The number of hydrogen-bond acceptors (Lipinski definition) is 1. The van der Waals surface area contributed by atoms with Crippen LogP contribution in [-0.4, -0.2) is 13.1 Å². The van der Waals surface area contributed by atoms with Gasteiger partial charge in [-0.05, 0) is 98.9 Å². The maximum atomic E-state index is 15.0. The lowest BCUT2D eigenvalue weighted by molar-refractivity contribution is 0.303. The Bertz CT molecular complexity index is 826. The summed E-state index contributed by atoms with van der Waals surface area (Å²) in [6.07, 6.45) is 15.6. The molecule has 0 aliphatic heterocycles. The zero-order chi connectivity index (χ0) is 22.3. The van der Waals surface area contributed by atoms with E-state index in [1.165, 1.54) is 75.3 Å². The average molecular weight is 436 g/mol. The van der Waals surface area contributed by atoms with E-state index >= 15 is 4.39 Å². The Hall–Kier alpha value is -1.67. The van der Waals surface area contributed by atoms with Crippen LogP contribution in [0.2, 0.25) is 0 Å². The molecule has 0 atom stereocenters. The van der Waals surface area contributed by atoms with Crippen LogP contribution in [0.15, 0.2) is 42.5 Å². The standard InChI is InChI=1S/C30H42FN/c1-3-4-5-6-22-7-9-23(10-8-22)24-11-13-26(14-12-24)29-20-17-27(21-30(29)31)25-15-18-28(32-2)19-16-25/h11-14,17,20-23,25,28,32H,3-10,15-16,18-19H2,1-2H3. The van der Waals surface area contributed by atoms with Crippen molar-refractivity contribution in [2.45, 2.75) is 102 Å². The van der Waals surface area contributed by atoms with Crippen LogP contribution in [0.3, 0.4) is 0 Å². The lowest BCUT2D eigenvalue weighted by Crippen LogP contribution is -2.29. The summed E-state index contributed by atoms with van der Waals surface area (Å²) >= 11 is 0. The molecule has 0 bridgehead atoms. The molecular weight excluding hydrogens is 393 g/mol. The molecule has 0 spiro atoms. The molecule has 2 aromatic carbocycles. The van der Waals surface area contributed by atoms with Crippen LogP contribution in [0.4, 0.5) is 4.39 Å². The maximum Gasteiger partial charge on any atom is 0.131 e. The summed E-state index contributed by atoms with van der Waals surface area (Å²) in [5.41, 5.74) is 4.36. The van der Waals surface area contributed by atoms with Gasteiger partial charge in [-0.15, -0.1) is 0 Å². The lowest BCUT2D eigenvalue weighted by Gasteiger charge is -2.29. The van der Waals surface area contributed by atoms with Gasteiger partial charge in [0.1, 0.15) is 5.82 Å². The van der Waals surface area contributed by atoms with Crippen molar-refractivity contribution in [2.75, 3.05) is 7.05 Å². The van der Waals surface area contributed by atoms with E-state index in [9.17, 15) is 0 Å². The number of benzene rings is 2. The van der Waals surface area contributed by atoms with Gasteiger partial charge in [0, 0.05) is 11.6 Å². The third-order valence-corrected chi connectivity index (χ3v) is 8.36. The minimum atomic E-state index is -0.0708. The smallest absolute Gasteiger partial charge is 0.131 e. The van der Waals surface area contributed by atoms with E-state index in [0.717, 1.165) is 29.9 Å². The fourth-order valence-electron chi connectivity index (χ4n) is 6.14. The Morgan fingerprint density at radius 2 is 1.41 bits per heavy atom. The highest BCUT2D eigenvalue weighted by molar-refractivity contribution is 5.65. The summed E-state index contributed by atoms with van der Waals surface area (Å²) in [4.78, 5) is 0. The first-order chi connectivity index (χ1) is 15.7. The molecule has 0 saturated heterocycles. The van der Waals surface area contributed by atoms with E-state index in [2.05, 4.69) is 42.6 Å². The highest BCUT2D eigenvalue weighted by Crippen LogP contribution is 2.39. The topological polar surface area (TPSA) is 12.0 Å². The van der Waals surface area contributed by atoms with Crippen LogP contribution >= 0.6 is 0 Å². The van der Waals surface area contributed by atoms with Gasteiger partial charge in [0.15, 0.2) is 0 Å². The predicted molar refractivity (Wildman–Crippen MR) is 135 cm³/mol. The number of unbranched alkanes of at least 4 members (excludes halogenated alkanes) is 2. The van der Waals surface area contributed by atoms with Crippen molar-refractivity contribution in [1.29, 1.82) is 0 Å². The Morgan fingerprint density at radius 3 is 2.03 bits per heavy atom. The first-order valence-electron chi connectivity index (χ1n) is 13.2. The maximum absolute atomic E-state index is 15.0. The largest absolute Gasteiger partial charge is 0.317 e. The second kappa shape index (κ2) is 11.5.